The van der Waals surface area contributed by atoms with E-state index < -0.39 is 5.82 Å². The topological polar surface area (TPSA) is 29.5 Å². The fourth-order valence-corrected chi connectivity index (χ4v) is 2.41. The summed E-state index contributed by atoms with van der Waals surface area (Å²) in [6, 6.07) is 4.43. The van der Waals surface area contributed by atoms with Gasteiger partial charge in [0.15, 0.2) is 0 Å². The van der Waals surface area contributed by atoms with Crippen LogP contribution in [0.1, 0.15) is 38.8 Å². The minimum absolute atomic E-state index is 0.0727. The molecule has 1 aromatic rings. The van der Waals surface area contributed by atoms with Crippen LogP contribution in [-0.4, -0.2) is 30.6 Å². The van der Waals surface area contributed by atoms with Gasteiger partial charge in [0.05, 0.1) is 18.1 Å². The lowest BCUT2D eigenvalue weighted by Gasteiger charge is -2.29. The van der Waals surface area contributed by atoms with Gasteiger partial charge in [0, 0.05) is 6.04 Å². The monoisotopic (exact) mass is 301 g/mol. The molecule has 0 aliphatic heterocycles. The molecule has 0 aliphatic rings. The highest BCUT2D eigenvalue weighted by Crippen LogP contribution is 2.28. The van der Waals surface area contributed by atoms with Crippen LogP contribution in [0.4, 0.5) is 4.39 Å². The van der Waals surface area contributed by atoms with E-state index in [-0.39, 0.29) is 23.5 Å². The lowest BCUT2D eigenvalue weighted by atomic mass is 10.0. The zero-order valence-electron chi connectivity index (χ0n) is 12.2. The molecule has 0 aliphatic carbocycles. The van der Waals surface area contributed by atoms with Gasteiger partial charge in [0.25, 0.3) is 0 Å². The average Bonchev–Trinajstić information content (AvgIpc) is 2.42. The summed E-state index contributed by atoms with van der Waals surface area (Å²) in [7, 11) is 0. The minimum atomic E-state index is -0.454. The van der Waals surface area contributed by atoms with Crippen LogP contribution in [0.3, 0.4) is 0 Å². The van der Waals surface area contributed by atoms with E-state index in [2.05, 4.69) is 4.90 Å². The SMILES string of the molecule is CCOC(=O)CC(c1ccc(F)c(Cl)c1)N(CC)CC. The second-order valence-corrected chi connectivity index (χ2v) is 4.83. The maximum Gasteiger partial charge on any atom is 0.307 e. The fraction of sp³-hybridized carbons (Fsp3) is 0.533. The zero-order chi connectivity index (χ0) is 15.1. The Morgan fingerprint density at radius 3 is 2.50 bits per heavy atom. The van der Waals surface area contributed by atoms with Gasteiger partial charge in [0.2, 0.25) is 0 Å². The Labute approximate surface area is 124 Å². The molecule has 0 fully saturated rings. The van der Waals surface area contributed by atoms with Gasteiger partial charge in [-0.1, -0.05) is 31.5 Å². The van der Waals surface area contributed by atoms with E-state index in [9.17, 15) is 9.18 Å². The molecule has 20 heavy (non-hydrogen) atoms. The third-order valence-corrected chi connectivity index (χ3v) is 3.54. The summed E-state index contributed by atoms with van der Waals surface area (Å²) < 4.78 is 18.3. The van der Waals surface area contributed by atoms with Gasteiger partial charge in [-0.05, 0) is 37.7 Å². The van der Waals surface area contributed by atoms with Crippen molar-refractivity contribution in [1.82, 2.24) is 4.90 Å². The van der Waals surface area contributed by atoms with Crippen molar-refractivity contribution < 1.29 is 13.9 Å². The number of rotatable bonds is 7. The molecule has 0 aromatic heterocycles. The van der Waals surface area contributed by atoms with Gasteiger partial charge >= 0.3 is 5.97 Å². The highest BCUT2D eigenvalue weighted by Gasteiger charge is 2.22. The summed E-state index contributed by atoms with van der Waals surface area (Å²) >= 11 is 5.84. The van der Waals surface area contributed by atoms with Gasteiger partial charge in [-0.2, -0.15) is 0 Å². The van der Waals surface area contributed by atoms with E-state index in [1.54, 1.807) is 19.1 Å². The molecule has 0 saturated carbocycles. The predicted molar refractivity (Wildman–Crippen MR) is 78.3 cm³/mol. The van der Waals surface area contributed by atoms with E-state index in [0.717, 1.165) is 18.7 Å². The van der Waals surface area contributed by atoms with Gasteiger partial charge in [-0.3, -0.25) is 9.69 Å². The lowest BCUT2D eigenvalue weighted by Crippen LogP contribution is -2.30. The molecule has 0 bridgehead atoms. The number of hydrogen-bond acceptors (Lipinski definition) is 3. The van der Waals surface area contributed by atoms with E-state index in [1.165, 1.54) is 6.07 Å². The van der Waals surface area contributed by atoms with Crippen LogP contribution in [0.2, 0.25) is 5.02 Å². The Kier molecular flexibility index (Phi) is 6.96. The molecule has 0 N–H and O–H groups in total. The molecule has 5 heteroatoms. The highest BCUT2D eigenvalue weighted by molar-refractivity contribution is 6.30. The normalized spacial score (nSPS) is 12.5. The van der Waals surface area contributed by atoms with Crippen molar-refractivity contribution in [3.63, 3.8) is 0 Å². The number of benzene rings is 1. The van der Waals surface area contributed by atoms with Crippen LogP contribution >= 0.6 is 11.6 Å². The second-order valence-electron chi connectivity index (χ2n) is 4.42. The van der Waals surface area contributed by atoms with E-state index in [1.807, 2.05) is 13.8 Å². The van der Waals surface area contributed by atoms with Gasteiger partial charge < -0.3 is 4.74 Å². The summed E-state index contributed by atoms with van der Waals surface area (Å²) in [6.07, 6.45) is 0.234. The molecule has 1 aromatic carbocycles. The van der Waals surface area contributed by atoms with Crippen molar-refractivity contribution in [2.24, 2.45) is 0 Å². The smallest absolute Gasteiger partial charge is 0.307 e. The van der Waals surface area contributed by atoms with E-state index >= 15 is 0 Å². The van der Waals surface area contributed by atoms with Crippen LogP contribution in [0.5, 0.6) is 0 Å². The third-order valence-electron chi connectivity index (χ3n) is 3.25. The van der Waals surface area contributed by atoms with Crippen LogP contribution in [0.15, 0.2) is 18.2 Å². The molecule has 0 radical (unpaired) electrons. The van der Waals surface area contributed by atoms with Crippen LogP contribution in [0.25, 0.3) is 0 Å². The Morgan fingerprint density at radius 2 is 2.00 bits per heavy atom. The van der Waals surface area contributed by atoms with Crippen molar-refractivity contribution in [3.05, 3.63) is 34.6 Å². The minimum Gasteiger partial charge on any atom is -0.466 e. The first-order valence-corrected chi connectivity index (χ1v) is 7.25. The van der Waals surface area contributed by atoms with Crippen molar-refractivity contribution in [2.75, 3.05) is 19.7 Å². The largest absolute Gasteiger partial charge is 0.466 e. The average molecular weight is 302 g/mol. The molecule has 1 rings (SSSR count). The van der Waals surface area contributed by atoms with Crippen LogP contribution in [-0.2, 0) is 9.53 Å². The molecular formula is C15H21ClFNO2. The number of esters is 1. The van der Waals surface area contributed by atoms with Gasteiger partial charge in [-0.15, -0.1) is 0 Å². The first-order valence-electron chi connectivity index (χ1n) is 6.88. The quantitative estimate of drug-likeness (QED) is 0.717. The molecule has 1 atom stereocenters. The number of carbonyl (C=O) groups is 1. The number of carbonyl (C=O) groups excluding carboxylic acids is 1. The van der Waals surface area contributed by atoms with E-state index in [4.69, 9.17) is 16.3 Å². The highest BCUT2D eigenvalue weighted by atomic mass is 35.5. The predicted octanol–water partition coefficient (Wildman–Crippen LogP) is 3.82. The van der Waals surface area contributed by atoms with Crippen molar-refractivity contribution in [2.45, 2.75) is 33.2 Å². The Balaban J connectivity index is 3.02. The van der Waals surface area contributed by atoms with E-state index in [0.29, 0.717) is 6.61 Å². The summed E-state index contributed by atoms with van der Waals surface area (Å²) in [5.74, 6) is -0.713. The van der Waals surface area contributed by atoms with Gasteiger partial charge in [0.1, 0.15) is 5.82 Å². The first-order chi connectivity index (χ1) is 9.53. The molecule has 1 unspecified atom stereocenters. The number of nitrogens with zero attached hydrogens (tertiary/aromatic N) is 1. The Hall–Kier alpha value is -1.13. The Morgan fingerprint density at radius 1 is 1.35 bits per heavy atom. The number of ether oxygens (including phenoxy) is 1. The maximum atomic E-state index is 13.3. The summed E-state index contributed by atoms with van der Waals surface area (Å²) in [5, 5.41) is 0.0727. The standard InChI is InChI=1S/C15H21ClFNO2/c1-4-18(5-2)14(10-15(19)20-6-3)11-7-8-13(17)12(16)9-11/h7-9,14H,4-6,10H2,1-3H3. The maximum absolute atomic E-state index is 13.3. The summed E-state index contributed by atoms with van der Waals surface area (Å²) in [4.78, 5) is 13.9. The zero-order valence-corrected chi connectivity index (χ0v) is 12.9. The molecular weight excluding hydrogens is 281 g/mol. The number of halogens is 2. The van der Waals surface area contributed by atoms with Crippen molar-refractivity contribution in [1.29, 1.82) is 0 Å². The molecule has 112 valence electrons. The summed E-state index contributed by atoms with van der Waals surface area (Å²) in [5.41, 5.74) is 0.827. The van der Waals surface area contributed by atoms with Crippen LogP contribution in [0, 0.1) is 5.82 Å². The first kappa shape index (κ1) is 16.9. The molecule has 0 spiro atoms. The molecule has 3 nitrogen and oxygen atoms in total. The molecule has 0 amide bonds. The third kappa shape index (κ3) is 4.46. The van der Waals surface area contributed by atoms with Crippen LogP contribution < -0.4 is 0 Å². The summed E-state index contributed by atoms with van der Waals surface area (Å²) in [6.45, 7) is 7.75. The van der Waals surface area contributed by atoms with Gasteiger partial charge in [-0.25, -0.2) is 4.39 Å². The second kappa shape index (κ2) is 8.22. The number of hydrogen-bond donors (Lipinski definition) is 0. The molecule has 0 heterocycles. The van der Waals surface area contributed by atoms with Crippen molar-refractivity contribution >= 4 is 17.6 Å². The fourth-order valence-electron chi connectivity index (χ4n) is 2.22. The Bertz CT molecular complexity index is 449. The van der Waals surface area contributed by atoms with Crippen molar-refractivity contribution in [3.8, 4) is 0 Å². The lowest BCUT2D eigenvalue weighted by molar-refractivity contribution is -0.144. The molecule has 0 saturated heterocycles.